The molecule has 8 heteroatoms. The van der Waals surface area contributed by atoms with E-state index in [1.54, 1.807) is 19.1 Å². The maximum atomic E-state index is 12.6. The highest BCUT2D eigenvalue weighted by Gasteiger charge is 2.27. The van der Waals surface area contributed by atoms with Gasteiger partial charge in [0.05, 0.1) is 11.6 Å². The van der Waals surface area contributed by atoms with Crippen molar-refractivity contribution in [1.82, 2.24) is 15.6 Å². The van der Waals surface area contributed by atoms with Gasteiger partial charge in [0.15, 0.2) is 5.69 Å². The van der Waals surface area contributed by atoms with Crippen molar-refractivity contribution in [2.75, 3.05) is 0 Å². The molecule has 2 aromatic carbocycles. The summed E-state index contributed by atoms with van der Waals surface area (Å²) in [5, 5.41) is 19.3. The fourth-order valence-corrected chi connectivity index (χ4v) is 3.44. The molecule has 1 amide bonds. The van der Waals surface area contributed by atoms with Crippen molar-refractivity contribution in [3.8, 4) is 5.75 Å². The number of carboxylic acids is 1. The van der Waals surface area contributed by atoms with Crippen molar-refractivity contribution >= 4 is 11.9 Å². The zero-order chi connectivity index (χ0) is 22.0. The third-order valence-corrected chi connectivity index (χ3v) is 5.36. The number of aromatic carboxylic acids is 1. The van der Waals surface area contributed by atoms with Crippen molar-refractivity contribution in [2.45, 2.75) is 44.8 Å². The fraction of sp³-hybridized carbons (Fsp3) is 0.304. The normalized spacial score (nSPS) is 15.2. The topological polar surface area (TPSA) is 115 Å². The Morgan fingerprint density at radius 2 is 1.77 bits per heavy atom. The number of nitrogens with one attached hydrogen (secondary N) is 1. The van der Waals surface area contributed by atoms with Gasteiger partial charge in [0.25, 0.3) is 5.91 Å². The van der Waals surface area contributed by atoms with E-state index < -0.39 is 24.0 Å². The Bertz CT molecular complexity index is 1070. The van der Waals surface area contributed by atoms with Crippen LogP contribution in [0.3, 0.4) is 0 Å². The minimum absolute atomic E-state index is 0.125. The summed E-state index contributed by atoms with van der Waals surface area (Å²) in [6.45, 7) is 3.48. The van der Waals surface area contributed by atoms with Crippen LogP contribution in [0.25, 0.3) is 0 Å². The van der Waals surface area contributed by atoms with Gasteiger partial charge in [0, 0.05) is 0 Å². The minimum atomic E-state index is -1.00. The number of ether oxygens (including phenoxy) is 1. The molecular formula is C23H23N3O5. The first-order valence-corrected chi connectivity index (χ1v) is 10.1. The summed E-state index contributed by atoms with van der Waals surface area (Å²) in [6.07, 6.45) is 1.92. The Morgan fingerprint density at radius 3 is 2.32 bits per heavy atom. The predicted octanol–water partition coefficient (Wildman–Crippen LogP) is 3.89. The zero-order valence-corrected chi connectivity index (χ0v) is 17.2. The number of hydrogen-bond acceptors (Lipinski definition) is 6. The van der Waals surface area contributed by atoms with E-state index in [1.807, 2.05) is 19.1 Å². The molecule has 1 aliphatic carbocycles. The molecule has 0 unspecified atom stereocenters. The second-order valence-electron chi connectivity index (χ2n) is 7.77. The highest BCUT2D eigenvalue weighted by molar-refractivity contribution is 5.93. The average molecular weight is 421 g/mol. The highest BCUT2D eigenvalue weighted by atomic mass is 16.6. The summed E-state index contributed by atoms with van der Waals surface area (Å²) in [5.74, 6) is -0.273. The Morgan fingerprint density at radius 1 is 1.10 bits per heavy atom. The van der Waals surface area contributed by atoms with Gasteiger partial charge in [-0.3, -0.25) is 4.79 Å². The van der Waals surface area contributed by atoms with E-state index in [0.29, 0.717) is 17.4 Å². The molecule has 0 radical (unpaired) electrons. The van der Waals surface area contributed by atoms with E-state index in [0.717, 1.165) is 5.56 Å². The van der Waals surface area contributed by atoms with Crippen LogP contribution in [0.1, 0.15) is 69.5 Å². The Kier molecular flexibility index (Phi) is 5.70. The van der Waals surface area contributed by atoms with E-state index in [-0.39, 0.29) is 11.3 Å². The lowest BCUT2D eigenvalue weighted by Crippen LogP contribution is -2.39. The number of hydrogen-bond donors (Lipinski definition) is 2. The molecule has 0 spiro atoms. The van der Waals surface area contributed by atoms with Gasteiger partial charge in [-0.1, -0.05) is 29.4 Å². The fourth-order valence-electron chi connectivity index (χ4n) is 3.44. The molecule has 0 saturated heterocycles. The summed E-state index contributed by atoms with van der Waals surface area (Å²) in [4.78, 5) is 23.7. The number of benzene rings is 2. The largest absolute Gasteiger partial charge is 0.484 e. The molecule has 3 aromatic rings. The quantitative estimate of drug-likeness (QED) is 0.567. The summed E-state index contributed by atoms with van der Waals surface area (Å²) in [7, 11) is 0. The Balaban J connectivity index is 1.57. The first-order valence-electron chi connectivity index (χ1n) is 10.1. The lowest BCUT2D eigenvalue weighted by molar-refractivity contribution is 0.0696. The van der Waals surface area contributed by atoms with Gasteiger partial charge in [-0.05, 0) is 73.2 Å². The first kappa shape index (κ1) is 20.6. The number of rotatable bonds is 8. The summed E-state index contributed by atoms with van der Waals surface area (Å²) in [5.41, 5.74) is 2.90. The van der Waals surface area contributed by atoms with Gasteiger partial charge in [0.1, 0.15) is 17.5 Å². The van der Waals surface area contributed by atoms with Crippen LogP contribution in [-0.4, -0.2) is 33.3 Å². The number of aromatic nitrogens is 2. The maximum absolute atomic E-state index is 12.6. The minimum Gasteiger partial charge on any atom is -0.484 e. The van der Waals surface area contributed by atoms with Gasteiger partial charge < -0.3 is 15.2 Å². The zero-order valence-electron chi connectivity index (χ0n) is 17.2. The van der Waals surface area contributed by atoms with Gasteiger partial charge in [-0.2, -0.15) is 0 Å². The lowest BCUT2D eigenvalue weighted by Gasteiger charge is -2.26. The van der Waals surface area contributed by atoms with E-state index in [2.05, 4.69) is 32.4 Å². The molecule has 1 aliphatic rings. The predicted molar refractivity (Wildman–Crippen MR) is 111 cm³/mol. The molecule has 4 rings (SSSR count). The van der Waals surface area contributed by atoms with Crippen molar-refractivity contribution in [3.63, 3.8) is 0 Å². The summed E-state index contributed by atoms with van der Waals surface area (Å²) < 4.78 is 10.8. The highest BCUT2D eigenvalue weighted by Crippen LogP contribution is 2.40. The molecule has 2 N–H and O–H groups in total. The molecule has 2 atom stereocenters. The number of carboxylic acid groups (broad SMARTS) is 1. The maximum Gasteiger partial charge on any atom is 0.335 e. The van der Waals surface area contributed by atoms with Crippen LogP contribution in [0.4, 0.5) is 0 Å². The van der Waals surface area contributed by atoms with Crippen LogP contribution < -0.4 is 10.1 Å². The molecule has 160 valence electrons. The van der Waals surface area contributed by atoms with Gasteiger partial charge in [0.2, 0.25) is 0 Å². The molecule has 0 bridgehead atoms. The van der Waals surface area contributed by atoms with E-state index in [1.165, 1.54) is 30.5 Å². The molecule has 0 aliphatic heterocycles. The number of carbonyl (C=O) groups is 2. The van der Waals surface area contributed by atoms with Crippen LogP contribution in [-0.2, 0) is 0 Å². The van der Waals surface area contributed by atoms with Gasteiger partial charge in [-0.25, -0.2) is 9.42 Å². The van der Waals surface area contributed by atoms with Crippen LogP contribution in [0.5, 0.6) is 5.75 Å². The Labute approximate surface area is 179 Å². The third kappa shape index (κ3) is 4.74. The summed E-state index contributed by atoms with van der Waals surface area (Å²) >= 11 is 0. The average Bonchev–Trinajstić information content (AvgIpc) is 3.52. The molecule has 1 fully saturated rings. The standard InChI is InChI=1S/C23H23N3O5/c1-13-20(26-31-25-13)22(27)24-14(2)21(17-7-5-16(6-8-17)15-3-4-15)30-19-11-9-18(10-12-19)23(28)29/h5-12,14-15,21H,3-4H2,1-2H3,(H,24,27)(H,28,29)/t14-,21-/m0/s1. The molecule has 1 aromatic heterocycles. The third-order valence-electron chi connectivity index (χ3n) is 5.36. The second-order valence-corrected chi connectivity index (χ2v) is 7.77. The molecular weight excluding hydrogens is 398 g/mol. The van der Waals surface area contributed by atoms with E-state index >= 15 is 0 Å². The van der Waals surface area contributed by atoms with Crippen LogP contribution >= 0.6 is 0 Å². The van der Waals surface area contributed by atoms with Crippen LogP contribution in [0, 0.1) is 6.92 Å². The SMILES string of the molecule is Cc1nonc1C(=O)N[C@@H](C)[C@H](Oc1ccc(C(=O)O)cc1)c1ccc(C2CC2)cc1. The van der Waals surface area contributed by atoms with Crippen molar-refractivity contribution in [1.29, 1.82) is 0 Å². The van der Waals surface area contributed by atoms with Crippen LogP contribution in [0.15, 0.2) is 53.2 Å². The van der Waals surface area contributed by atoms with Crippen molar-refractivity contribution < 1.29 is 24.1 Å². The number of carbonyl (C=O) groups excluding carboxylic acids is 1. The smallest absolute Gasteiger partial charge is 0.335 e. The summed E-state index contributed by atoms with van der Waals surface area (Å²) in [6, 6.07) is 14.0. The van der Waals surface area contributed by atoms with Crippen molar-refractivity contribution in [2.24, 2.45) is 0 Å². The lowest BCUT2D eigenvalue weighted by atomic mass is 10.00. The van der Waals surface area contributed by atoms with Gasteiger partial charge in [-0.15, -0.1) is 0 Å². The first-order chi connectivity index (χ1) is 14.9. The number of nitrogens with zero attached hydrogens (tertiary/aromatic N) is 2. The Hall–Kier alpha value is -3.68. The van der Waals surface area contributed by atoms with Gasteiger partial charge >= 0.3 is 5.97 Å². The van der Waals surface area contributed by atoms with E-state index in [9.17, 15) is 9.59 Å². The second kappa shape index (κ2) is 8.59. The molecule has 31 heavy (non-hydrogen) atoms. The van der Waals surface area contributed by atoms with Crippen molar-refractivity contribution in [3.05, 3.63) is 76.6 Å². The number of amides is 1. The molecule has 1 heterocycles. The molecule has 1 saturated carbocycles. The molecule has 8 nitrogen and oxygen atoms in total. The number of aryl methyl sites for hydroxylation is 1. The van der Waals surface area contributed by atoms with E-state index in [4.69, 9.17) is 9.84 Å². The van der Waals surface area contributed by atoms with Crippen LogP contribution in [0.2, 0.25) is 0 Å². The monoisotopic (exact) mass is 421 g/mol.